The topological polar surface area (TPSA) is 102 Å². The van der Waals surface area contributed by atoms with Crippen molar-refractivity contribution in [2.45, 2.75) is 4.90 Å². The van der Waals surface area contributed by atoms with E-state index in [2.05, 4.69) is 15.1 Å². The first-order valence-electron chi connectivity index (χ1n) is 9.84. The minimum absolute atomic E-state index is 0.173. The van der Waals surface area contributed by atoms with Gasteiger partial charge in [0.1, 0.15) is 5.75 Å². The summed E-state index contributed by atoms with van der Waals surface area (Å²) in [7, 11) is -2.56. The lowest BCUT2D eigenvalue weighted by atomic mass is 10.3. The van der Waals surface area contributed by atoms with Gasteiger partial charge in [-0.3, -0.25) is 9.52 Å². The Hall–Kier alpha value is -4.25. The van der Waals surface area contributed by atoms with E-state index in [-0.39, 0.29) is 11.4 Å². The SMILES string of the molecule is COc1ccc(-n2ccc(C(=O)Nc3ccc(NS(=O)(=O)c4ccc(F)c(F)c4)cc3)n2)cc1. The molecule has 0 aliphatic rings. The predicted octanol–water partition coefficient (Wildman–Crippen LogP) is 4.21. The molecule has 0 radical (unpaired) electrons. The van der Waals surface area contributed by atoms with Gasteiger partial charge in [-0.15, -0.1) is 0 Å². The van der Waals surface area contributed by atoms with Gasteiger partial charge in [0, 0.05) is 17.6 Å². The Morgan fingerprint density at radius 3 is 2.24 bits per heavy atom. The largest absolute Gasteiger partial charge is 0.497 e. The molecule has 1 heterocycles. The number of aromatic nitrogens is 2. The number of carbonyl (C=O) groups excluding carboxylic acids is 1. The van der Waals surface area contributed by atoms with Crippen molar-refractivity contribution in [2.24, 2.45) is 0 Å². The van der Waals surface area contributed by atoms with Gasteiger partial charge >= 0.3 is 0 Å². The van der Waals surface area contributed by atoms with Gasteiger partial charge in [0.05, 0.1) is 17.7 Å². The van der Waals surface area contributed by atoms with Gasteiger partial charge in [0.2, 0.25) is 0 Å². The highest BCUT2D eigenvalue weighted by Crippen LogP contribution is 2.20. The van der Waals surface area contributed by atoms with Crippen molar-refractivity contribution in [3.63, 3.8) is 0 Å². The highest BCUT2D eigenvalue weighted by Gasteiger charge is 2.17. The van der Waals surface area contributed by atoms with Gasteiger partial charge in [-0.05, 0) is 72.8 Å². The molecule has 174 valence electrons. The Morgan fingerprint density at radius 1 is 0.912 bits per heavy atom. The zero-order chi connectivity index (χ0) is 24.3. The van der Waals surface area contributed by atoms with Gasteiger partial charge in [-0.1, -0.05) is 0 Å². The van der Waals surface area contributed by atoms with Crippen LogP contribution in [-0.4, -0.2) is 31.2 Å². The second-order valence-electron chi connectivity index (χ2n) is 7.06. The molecule has 2 N–H and O–H groups in total. The summed E-state index contributed by atoms with van der Waals surface area (Å²) >= 11 is 0. The number of benzene rings is 3. The lowest BCUT2D eigenvalue weighted by Gasteiger charge is -2.09. The Morgan fingerprint density at radius 2 is 1.59 bits per heavy atom. The molecular weight excluding hydrogens is 466 g/mol. The van der Waals surface area contributed by atoms with E-state index >= 15 is 0 Å². The molecule has 0 spiro atoms. The average Bonchev–Trinajstić information content (AvgIpc) is 3.32. The van der Waals surface area contributed by atoms with E-state index in [1.165, 1.54) is 24.3 Å². The number of halogens is 2. The first-order valence-corrected chi connectivity index (χ1v) is 11.3. The summed E-state index contributed by atoms with van der Waals surface area (Å²) in [6.07, 6.45) is 1.65. The van der Waals surface area contributed by atoms with E-state index in [0.717, 1.165) is 17.8 Å². The quantitative estimate of drug-likeness (QED) is 0.409. The number of sulfonamides is 1. The molecule has 1 aromatic heterocycles. The second kappa shape index (κ2) is 9.32. The average molecular weight is 484 g/mol. The molecule has 0 saturated carbocycles. The van der Waals surface area contributed by atoms with Crippen LogP contribution in [0.2, 0.25) is 0 Å². The van der Waals surface area contributed by atoms with E-state index in [9.17, 15) is 22.0 Å². The smallest absolute Gasteiger partial charge is 0.276 e. The Balaban J connectivity index is 1.42. The van der Waals surface area contributed by atoms with Crippen LogP contribution >= 0.6 is 0 Å². The summed E-state index contributed by atoms with van der Waals surface area (Å²) < 4.78 is 60.1. The molecule has 11 heteroatoms. The number of nitrogens with one attached hydrogen (secondary N) is 2. The number of ether oxygens (including phenoxy) is 1. The second-order valence-corrected chi connectivity index (χ2v) is 8.74. The van der Waals surface area contributed by atoms with Crippen LogP contribution in [0.15, 0.2) is 83.9 Å². The van der Waals surface area contributed by atoms with Crippen molar-refractivity contribution in [3.05, 3.63) is 96.3 Å². The lowest BCUT2D eigenvalue weighted by molar-refractivity contribution is 0.102. The lowest BCUT2D eigenvalue weighted by Crippen LogP contribution is -2.14. The molecule has 4 aromatic rings. The van der Waals surface area contributed by atoms with E-state index in [4.69, 9.17) is 4.74 Å². The minimum Gasteiger partial charge on any atom is -0.497 e. The number of carbonyl (C=O) groups is 1. The normalized spacial score (nSPS) is 11.1. The van der Waals surface area contributed by atoms with Crippen molar-refractivity contribution < 1.29 is 26.7 Å². The maximum absolute atomic E-state index is 13.4. The van der Waals surface area contributed by atoms with Crippen LogP contribution in [0.5, 0.6) is 5.75 Å². The third kappa shape index (κ3) is 5.04. The third-order valence-corrected chi connectivity index (χ3v) is 6.13. The molecule has 0 unspecified atom stereocenters. The summed E-state index contributed by atoms with van der Waals surface area (Å²) in [5.74, 6) is -2.17. The summed E-state index contributed by atoms with van der Waals surface area (Å²) in [5.41, 5.74) is 1.50. The van der Waals surface area contributed by atoms with Crippen molar-refractivity contribution >= 4 is 27.3 Å². The highest BCUT2D eigenvalue weighted by atomic mass is 32.2. The van der Waals surface area contributed by atoms with Crippen LogP contribution in [0.25, 0.3) is 5.69 Å². The molecule has 0 aliphatic carbocycles. The number of rotatable bonds is 7. The Kier molecular flexibility index (Phi) is 6.28. The van der Waals surface area contributed by atoms with Crippen LogP contribution in [0.1, 0.15) is 10.5 Å². The number of anilines is 2. The third-order valence-electron chi connectivity index (χ3n) is 4.76. The van der Waals surface area contributed by atoms with Crippen LogP contribution in [0, 0.1) is 11.6 Å². The zero-order valence-corrected chi connectivity index (χ0v) is 18.5. The number of nitrogens with zero attached hydrogens (tertiary/aromatic N) is 2. The monoisotopic (exact) mass is 484 g/mol. The zero-order valence-electron chi connectivity index (χ0n) is 17.7. The first-order chi connectivity index (χ1) is 16.2. The van der Waals surface area contributed by atoms with Gasteiger partial charge in [-0.25, -0.2) is 21.9 Å². The highest BCUT2D eigenvalue weighted by molar-refractivity contribution is 7.92. The molecule has 0 bridgehead atoms. The Bertz CT molecular complexity index is 1440. The van der Waals surface area contributed by atoms with Crippen molar-refractivity contribution in [3.8, 4) is 11.4 Å². The van der Waals surface area contributed by atoms with Crippen molar-refractivity contribution in [2.75, 3.05) is 17.1 Å². The number of hydrogen-bond acceptors (Lipinski definition) is 5. The van der Waals surface area contributed by atoms with Crippen molar-refractivity contribution in [1.82, 2.24) is 9.78 Å². The molecule has 3 aromatic carbocycles. The first kappa shape index (κ1) is 22.9. The fraction of sp³-hybridized carbons (Fsp3) is 0.0435. The van der Waals surface area contributed by atoms with E-state index < -0.39 is 32.5 Å². The summed E-state index contributed by atoms with van der Waals surface area (Å²) in [5, 5.41) is 6.93. The van der Waals surface area contributed by atoms with Crippen molar-refractivity contribution in [1.29, 1.82) is 0 Å². The van der Waals surface area contributed by atoms with Gasteiger partial charge in [0.15, 0.2) is 17.3 Å². The maximum atomic E-state index is 13.4. The number of hydrogen-bond donors (Lipinski definition) is 2. The van der Waals surface area contributed by atoms with Gasteiger partial charge < -0.3 is 10.1 Å². The molecule has 0 saturated heterocycles. The van der Waals surface area contributed by atoms with E-state index in [1.54, 1.807) is 48.3 Å². The molecule has 0 aliphatic heterocycles. The van der Waals surface area contributed by atoms with Crippen LogP contribution in [0.4, 0.5) is 20.2 Å². The summed E-state index contributed by atoms with van der Waals surface area (Å²) in [4.78, 5) is 12.1. The summed E-state index contributed by atoms with van der Waals surface area (Å²) in [6, 6.07) is 16.8. The van der Waals surface area contributed by atoms with Crippen LogP contribution in [0.3, 0.4) is 0 Å². The van der Waals surface area contributed by atoms with Gasteiger partial charge in [0.25, 0.3) is 15.9 Å². The van der Waals surface area contributed by atoms with E-state index in [1.807, 2.05) is 0 Å². The summed E-state index contributed by atoms with van der Waals surface area (Å²) in [6.45, 7) is 0. The molecule has 4 rings (SSSR count). The number of amides is 1. The van der Waals surface area contributed by atoms with Crippen LogP contribution in [-0.2, 0) is 10.0 Å². The molecule has 1 amide bonds. The fourth-order valence-corrected chi connectivity index (χ4v) is 4.07. The molecule has 0 fully saturated rings. The molecule has 0 atom stereocenters. The molecule has 8 nitrogen and oxygen atoms in total. The standard InChI is InChI=1S/C23H18F2N4O4S/c1-33-18-8-6-17(7-9-18)29-13-12-22(27-29)23(30)26-15-2-4-16(5-3-15)28-34(31,32)19-10-11-20(24)21(25)14-19/h2-14,28H,1H3,(H,26,30). The minimum atomic E-state index is -4.12. The molecular formula is C23H18F2N4O4S. The number of methoxy groups -OCH3 is 1. The van der Waals surface area contributed by atoms with E-state index in [0.29, 0.717) is 17.5 Å². The van der Waals surface area contributed by atoms with Gasteiger partial charge in [-0.2, -0.15) is 5.10 Å². The fourth-order valence-electron chi connectivity index (χ4n) is 3.00. The van der Waals surface area contributed by atoms with Crippen LogP contribution < -0.4 is 14.8 Å². The molecule has 34 heavy (non-hydrogen) atoms. The maximum Gasteiger partial charge on any atom is 0.276 e. The predicted molar refractivity (Wildman–Crippen MR) is 122 cm³/mol. The Labute approximate surface area is 193 Å².